The summed E-state index contributed by atoms with van der Waals surface area (Å²) in [5.41, 5.74) is 5.69. The fourth-order valence-electron chi connectivity index (χ4n) is 3.07. The molecule has 0 spiro atoms. The lowest BCUT2D eigenvalue weighted by atomic mass is 10.0. The lowest BCUT2D eigenvalue weighted by molar-refractivity contribution is 0.465. The standard InChI is InChI=1S/C18H20BrN/c1-12-6-7-14-8-9-18(17(14)10-12)20-13(2)15-4-3-5-16(19)11-15/h3-7,10-11,13,18,20H,8-9H2,1-2H3/t13-,18?/m0/s1. The van der Waals surface area contributed by atoms with E-state index < -0.39 is 0 Å². The molecular formula is C18H20BrN. The molecule has 20 heavy (non-hydrogen) atoms. The molecule has 2 atom stereocenters. The summed E-state index contributed by atoms with van der Waals surface area (Å²) in [6.45, 7) is 4.42. The van der Waals surface area contributed by atoms with Crippen LogP contribution in [0.3, 0.4) is 0 Å². The lowest BCUT2D eigenvalue weighted by Gasteiger charge is -2.21. The molecule has 2 heteroatoms. The van der Waals surface area contributed by atoms with Gasteiger partial charge < -0.3 is 5.32 Å². The molecular weight excluding hydrogens is 310 g/mol. The van der Waals surface area contributed by atoms with Crippen LogP contribution in [-0.2, 0) is 6.42 Å². The zero-order chi connectivity index (χ0) is 14.1. The maximum atomic E-state index is 3.78. The van der Waals surface area contributed by atoms with E-state index in [-0.39, 0.29) is 0 Å². The second kappa shape index (κ2) is 5.71. The number of halogens is 1. The van der Waals surface area contributed by atoms with E-state index in [1.165, 1.54) is 35.1 Å². The number of aryl methyl sites for hydroxylation is 2. The van der Waals surface area contributed by atoms with E-state index in [1.807, 2.05) is 0 Å². The summed E-state index contributed by atoms with van der Waals surface area (Å²) in [5, 5.41) is 3.78. The van der Waals surface area contributed by atoms with E-state index in [1.54, 1.807) is 0 Å². The van der Waals surface area contributed by atoms with Gasteiger partial charge in [-0.15, -0.1) is 0 Å². The first kappa shape index (κ1) is 13.8. The summed E-state index contributed by atoms with van der Waals surface area (Å²) in [7, 11) is 0. The number of hydrogen-bond donors (Lipinski definition) is 1. The summed E-state index contributed by atoms with van der Waals surface area (Å²) in [6, 6.07) is 16.3. The molecule has 2 aromatic carbocycles. The zero-order valence-corrected chi connectivity index (χ0v) is 13.6. The van der Waals surface area contributed by atoms with Crippen molar-refractivity contribution in [3.05, 3.63) is 69.2 Å². The van der Waals surface area contributed by atoms with Gasteiger partial charge in [0, 0.05) is 16.6 Å². The van der Waals surface area contributed by atoms with E-state index in [4.69, 9.17) is 0 Å². The van der Waals surface area contributed by atoms with Crippen LogP contribution in [0.4, 0.5) is 0 Å². The van der Waals surface area contributed by atoms with Crippen molar-refractivity contribution >= 4 is 15.9 Å². The Balaban J connectivity index is 1.78. The van der Waals surface area contributed by atoms with Gasteiger partial charge in [0.05, 0.1) is 0 Å². The van der Waals surface area contributed by atoms with E-state index in [0.717, 1.165) is 4.47 Å². The fourth-order valence-corrected chi connectivity index (χ4v) is 3.49. The Kier molecular flexibility index (Phi) is 3.95. The van der Waals surface area contributed by atoms with Crippen LogP contribution in [0.5, 0.6) is 0 Å². The van der Waals surface area contributed by atoms with Crippen LogP contribution in [0.15, 0.2) is 46.9 Å². The molecule has 0 aromatic heterocycles. The summed E-state index contributed by atoms with van der Waals surface area (Å²) < 4.78 is 1.14. The number of benzene rings is 2. The predicted octanol–water partition coefficient (Wildman–Crippen LogP) is 5.10. The van der Waals surface area contributed by atoms with Crippen molar-refractivity contribution in [2.75, 3.05) is 0 Å². The molecule has 1 nitrogen and oxygen atoms in total. The molecule has 0 aliphatic heterocycles. The molecule has 0 fully saturated rings. The Bertz CT molecular complexity index is 621. The van der Waals surface area contributed by atoms with Crippen LogP contribution < -0.4 is 5.32 Å². The molecule has 0 saturated heterocycles. The van der Waals surface area contributed by atoms with Gasteiger partial charge in [0.1, 0.15) is 0 Å². The normalized spacial score (nSPS) is 18.9. The van der Waals surface area contributed by atoms with Gasteiger partial charge >= 0.3 is 0 Å². The van der Waals surface area contributed by atoms with Gasteiger partial charge in [-0.3, -0.25) is 0 Å². The molecule has 1 aliphatic carbocycles. The van der Waals surface area contributed by atoms with Gasteiger partial charge in [0.25, 0.3) is 0 Å². The Morgan fingerprint density at radius 1 is 1.20 bits per heavy atom. The van der Waals surface area contributed by atoms with Crippen LogP contribution in [0.25, 0.3) is 0 Å². The van der Waals surface area contributed by atoms with Crippen LogP contribution in [-0.4, -0.2) is 0 Å². The van der Waals surface area contributed by atoms with E-state index in [9.17, 15) is 0 Å². The second-order valence-electron chi connectivity index (χ2n) is 5.74. The molecule has 1 N–H and O–H groups in total. The van der Waals surface area contributed by atoms with Crippen molar-refractivity contribution in [1.29, 1.82) is 0 Å². The Morgan fingerprint density at radius 3 is 2.85 bits per heavy atom. The van der Waals surface area contributed by atoms with Gasteiger partial charge in [-0.1, -0.05) is 51.8 Å². The highest BCUT2D eigenvalue weighted by Gasteiger charge is 2.23. The Labute approximate surface area is 129 Å². The minimum Gasteiger partial charge on any atom is -0.303 e. The molecule has 104 valence electrons. The van der Waals surface area contributed by atoms with Gasteiger partial charge in [-0.2, -0.15) is 0 Å². The predicted molar refractivity (Wildman–Crippen MR) is 87.9 cm³/mol. The third kappa shape index (κ3) is 2.82. The molecule has 3 rings (SSSR count). The third-order valence-corrected chi connectivity index (χ3v) is 4.67. The van der Waals surface area contributed by atoms with Gasteiger partial charge in [0.15, 0.2) is 0 Å². The second-order valence-corrected chi connectivity index (χ2v) is 6.65. The monoisotopic (exact) mass is 329 g/mol. The molecule has 0 bridgehead atoms. The Hall–Kier alpha value is -1.12. The highest BCUT2D eigenvalue weighted by Crippen LogP contribution is 2.33. The van der Waals surface area contributed by atoms with Crippen molar-refractivity contribution in [3.8, 4) is 0 Å². The van der Waals surface area contributed by atoms with Gasteiger partial charge in [-0.25, -0.2) is 0 Å². The fraction of sp³-hybridized carbons (Fsp3) is 0.333. The molecule has 0 heterocycles. The average Bonchev–Trinajstić information content (AvgIpc) is 2.81. The largest absolute Gasteiger partial charge is 0.303 e. The van der Waals surface area contributed by atoms with Crippen molar-refractivity contribution in [1.82, 2.24) is 5.32 Å². The average molecular weight is 330 g/mol. The Morgan fingerprint density at radius 2 is 2.05 bits per heavy atom. The van der Waals surface area contributed by atoms with Crippen LogP contribution in [0, 0.1) is 6.92 Å². The van der Waals surface area contributed by atoms with Gasteiger partial charge in [-0.05, 0) is 55.5 Å². The van der Waals surface area contributed by atoms with E-state index in [0.29, 0.717) is 12.1 Å². The summed E-state index contributed by atoms with van der Waals surface area (Å²) >= 11 is 3.55. The van der Waals surface area contributed by atoms with E-state index >= 15 is 0 Å². The zero-order valence-electron chi connectivity index (χ0n) is 12.0. The first-order chi connectivity index (χ1) is 9.63. The van der Waals surface area contributed by atoms with Crippen LogP contribution >= 0.6 is 15.9 Å². The molecule has 2 aromatic rings. The number of hydrogen-bond acceptors (Lipinski definition) is 1. The summed E-state index contributed by atoms with van der Waals surface area (Å²) in [5.74, 6) is 0. The van der Waals surface area contributed by atoms with Gasteiger partial charge in [0.2, 0.25) is 0 Å². The third-order valence-electron chi connectivity index (χ3n) is 4.18. The van der Waals surface area contributed by atoms with Crippen molar-refractivity contribution < 1.29 is 0 Å². The van der Waals surface area contributed by atoms with Crippen LogP contribution in [0.2, 0.25) is 0 Å². The lowest BCUT2D eigenvalue weighted by Crippen LogP contribution is -2.23. The quantitative estimate of drug-likeness (QED) is 0.826. The number of nitrogens with one attached hydrogen (secondary N) is 1. The minimum absolute atomic E-state index is 0.365. The first-order valence-electron chi connectivity index (χ1n) is 7.24. The van der Waals surface area contributed by atoms with E-state index in [2.05, 4.69) is 77.6 Å². The minimum atomic E-state index is 0.365. The van der Waals surface area contributed by atoms with Crippen molar-refractivity contribution in [2.24, 2.45) is 0 Å². The molecule has 1 aliphatic rings. The highest BCUT2D eigenvalue weighted by molar-refractivity contribution is 9.10. The first-order valence-corrected chi connectivity index (χ1v) is 8.04. The summed E-state index contributed by atoms with van der Waals surface area (Å²) in [6.07, 6.45) is 2.40. The summed E-state index contributed by atoms with van der Waals surface area (Å²) in [4.78, 5) is 0. The van der Waals surface area contributed by atoms with Crippen LogP contribution in [0.1, 0.15) is 47.7 Å². The topological polar surface area (TPSA) is 12.0 Å². The van der Waals surface area contributed by atoms with Crippen molar-refractivity contribution in [3.63, 3.8) is 0 Å². The maximum absolute atomic E-state index is 3.78. The smallest absolute Gasteiger partial charge is 0.0331 e. The molecule has 0 saturated carbocycles. The molecule has 1 unspecified atom stereocenters. The highest BCUT2D eigenvalue weighted by atomic mass is 79.9. The number of rotatable bonds is 3. The van der Waals surface area contributed by atoms with Crippen molar-refractivity contribution in [2.45, 2.75) is 38.8 Å². The molecule has 0 amide bonds. The maximum Gasteiger partial charge on any atom is 0.0331 e. The SMILES string of the molecule is Cc1ccc2c(c1)C(N[C@@H](C)c1cccc(Br)c1)CC2. The molecule has 0 radical (unpaired) electrons. The number of fused-ring (bicyclic) bond motifs is 1.